The highest BCUT2D eigenvalue weighted by Gasteiger charge is 2.29. The highest BCUT2D eigenvalue weighted by atomic mass is 16.5. The molecule has 0 aliphatic carbocycles. The van der Waals surface area contributed by atoms with Crippen molar-refractivity contribution in [3.63, 3.8) is 0 Å². The lowest BCUT2D eigenvalue weighted by Gasteiger charge is -2.25. The number of fused-ring (bicyclic) bond motifs is 1. The van der Waals surface area contributed by atoms with Crippen LogP contribution in [0.4, 0.5) is 0 Å². The predicted molar refractivity (Wildman–Crippen MR) is 130 cm³/mol. The number of ether oxygens (including phenoxy) is 1. The number of nitrogens with one attached hydrogen (secondary N) is 1. The molecule has 4 aromatic carbocycles. The van der Waals surface area contributed by atoms with Crippen LogP contribution in [0.3, 0.4) is 0 Å². The van der Waals surface area contributed by atoms with Crippen molar-refractivity contribution in [2.75, 3.05) is 0 Å². The summed E-state index contributed by atoms with van der Waals surface area (Å²) in [5.41, 5.74) is 3.02. The Labute approximate surface area is 189 Å². The smallest absolute Gasteiger partial charge is 0.230 e. The maximum atomic E-state index is 13.4. The molecule has 0 unspecified atom stereocenters. The number of benzene rings is 4. The normalized spacial score (nSPS) is 12.8. The molecule has 0 aliphatic heterocycles. The summed E-state index contributed by atoms with van der Waals surface area (Å²) in [6.45, 7) is 4.85. The second kappa shape index (κ2) is 10.6. The fourth-order valence-corrected chi connectivity index (χ4v) is 3.85. The van der Waals surface area contributed by atoms with Crippen LogP contribution in [0.2, 0.25) is 0 Å². The topological polar surface area (TPSA) is 38.3 Å². The van der Waals surface area contributed by atoms with Crippen molar-refractivity contribution in [2.45, 2.75) is 25.2 Å². The van der Waals surface area contributed by atoms with Gasteiger partial charge < -0.3 is 10.1 Å². The van der Waals surface area contributed by atoms with Gasteiger partial charge in [0.05, 0.1) is 18.6 Å². The summed E-state index contributed by atoms with van der Waals surface area (Å²) < 4.78 is 6.20. The average molecular weight is 422 g/mol. The van der Waals surface area contributed by atoms with Gasteiger partial charge in [0.25, 0.3) is 0 Å². The van der Waals surface area contributed by atoms with Gasteiger partial charge in [-0.05, 0) is 27.5 Å². The summed E-state index contributed by atoms with van der Waals surface area (Å²) >= 11 is 0. The van der Waals surface area contributed by atoms with E-state index in [-0.39, 0.29) is 5.91 Å². The lowest BCUT2D eigenvalue weighted by Crippen LogP contribution is -2.36. The summed E-state index contributed by atoms with van der Waals surface area (Å²) in [5, 5.41) is 5.32. The second-order valence-electron chi connectivity index (χ2n) is 7.78. The van der Waals surface area contributed by atoms with Crippen LogP contribution in [0.15, 0.2) is 116 Å². The molecule has 0 spiro atoms. The number of carbonyl (C=O) groups excluding carboxylic acids is 1. The molecule has 3 heteroatoms. The van der Waals surface area contributed by atoms with Gasteiger partial charge >= 0.3 is 0 Å². The zero-order valence-electron chi connectivity index (χ0n) is 18.0. The first-order chi connectivity index (χ1) is 15.7. The Morgan fingerprint density at radius 2 is 1.44 bits per heavy atom. The van der Waals surface area contributed by atoms with Crippen molar-refractivity contribution >= 4 is 16.7 Å². The summed E-state index contributed by atoms with van der Waals surface area (Å²) in [6, 6.07) is 34.2. The predicted octanol–water partition coefficient (Wildman–Crippen LogP) is 6.01. The largest absolute Gasteiger partial charge is 0.368 e. The van der Waals surface area contributed by atoms with Crippen LogP contribution in [0.1, 0.15) is 22.6 Å². The van der Waals surface area contributed by atoms with Crippen LogP contribution < -0.4 is 5.32 Å². The van der Waals surface area contributed by atoms with Crippen LogP contribution in [-0.2, 0) is 22.7 Å². The van der Waals surface area contributed by atoms with Gasteiger partial charge in [-0.2, -0.15) is 0 Å². The summed E-state index contributed by atoms with van der Waals surface area (Å²) in [6.07, 6.45) is 1.26. The van der Waals surface area contributed by atoms with Crippen molar-refractivity contribution in [3.05, 3.63) is 132 Å². The van der Waals surface area contributed by atoms with Gasteiger partial charge in [0.15, 0.2) is 0 Å². The molecule has 0 bridgehead atoms. The van der Waals surface area contributed by atoms with E-state index >= 15 is 0 Å². The fourth-order valence-electron chi connectivity index (χ4n) is 3.85. The first kappa shape index (κ1) is 21.5. The lowest BCUT2D eigenvalue weighted by atomic mass is 9.90. The maximum Gasteiger partial charge on any atom is 0.230 e. The molecule has 160 valence electrons. The summed E-state index contributed by atoms with van der Waals surface area (Å²) in [4.78, 5) is 13.4. The minimum atomic E-state index is -0.510. The Morgan fingerprint density at radius 3 is 2.12 bits per heavy atom. The second-order valence-corrected chi connectivity index (χ2v) is 7.78. The molecule has 0 heterocycles. The Bertz CT molecular complexity index is 1170. The van der Waals surface area contributed by atoms with E-state index in [0.29, 0.717) is 13.2 Å². The van der Waals surface area contributed by atoms with Crippen molar-refractivity contribution in [2.24, 2.45) is 0 Å². The molecule has 0 aliphatic rings. The molecular formula is C29H27NO2. The third-order valence-corrected chi connectivity index (χ3v) is 5.57. The van der Waals surface area contributed by atoms with E-state index < -0.39 is 12.0 Å². The minimum absolute atomic E-state index is 0.0814. The Morgan fingerprint density at radius 1 is 0.812 bits per heavy atom. The van der Waals surface area contributed by atoms with Crippen molar-refractivity contribution in [1.82, 2.24) is 5.32 Å². The first-order valence-corrected chi connectivity index (χ1v) is 10.8. The van der Waals surface area contributed by atoms with Crippen LogP contribution >= 0.6 is 0 Å². The molecule has 4 aromatic rings. The van der Waals surface area contributed by atoms with Crippen LogP contribution in [-0.4, -0.2) is 12.0 Å². The molecule has 0 radical (unpaired) electrons. The number of rotatable bonds is 9. The van der Waals surface area contributed by atoms with Crippen molar-refractivity contribution in [1.29, 1.82) is 0 Å². The molecular weight excluding hydrogens is 394 g/mol. The Hall–Kier alpha value is -3.69. The molecule has 0 fully saturated rings. The summed E-state index contributed by atoms with van der Waals surface area (Å²) in [5.74, 6) is -0.591. The van der Waals surface area contributed by atoms with Crippen LogP contribution in [0.25, 0.3) is 10.8 Å². The summed E-state index contributed by atoms with van der Waals surface area (Å²) in [7, 11) is 0. The number of carbonyl (C=O) groups is 1. The van der Waals surface area contributed by atoms with Crippen molar-refractivity contribution in [3.8, 4) is 0 Å². The molecule has 0 saturated carbocycles. The highest BCUT2D eigenvalue weighted by Crippen LogP contribution is 2.28. The Kier molecular flexibility index (Phi) is 7.11. The Balaban J connectivity index is 1.60. The van der Waals surface area contributed by atoms with Gasteiger partial charge in [-0.25, -0.2) is 0 Å². The quantitative estimate of drug-likeness (QED) is 0.336. The molecule has 3 nitrogen and oxygen atoms in total. The molecule has 0 saturated heterocycles. The van der Waals surface area contributed by atoms with E-state index in [2.05, 4.69) is 36.2 Å². The molecule has 1 N–H and O–H groups in total. The first-order valence-electron chi connectivity index (χ1n) is 10.8. The highest BCUT2D eigenvalue weighted by molar-refractivity contribution is 5.88. The van der Waals surface area contributed by atoms with Gasteiger partial charge in [-0.1, -0.05) is 109 Å². The maximum absolute atomic E-state index is 13.4. The number of hydrogen-bond acceptors (Lipinski definition) is 2. The van der Waals surface area contributed by atoms with E-state index in [1.165, 1.54) is 0 Å². The average Bonchev–Trinajstić information content (AvgIpc) is 2.86. The molecule has 4 rings (SSSR count). The lowest BCUT2D eigenvalue weighted by molar-refractivity contribution is -0.125. The van der Waals surface area contributed by atoms with Crippen LogP contribution in [0, 0.1) is 0 Å². The fraction of sp³-hybridized carbons (Fsp3) is 0.138. The van der Waals surface area contributed by atoms with E-state index in [1.807, 2.05) is 78.9 Å². The standard InChI is InChI=1S/C29H27NO2/c1-2-27(32-21-23-13-7-4-8-14-23)28(29(31)30-20-22-11-5-3-6-12-22)26-18-17-24-15-9-10-16-25(24)19-26/h2-19,27-28H,1,20-21H2,(H,30,31)/t27-,28+/m0/s1. The van der Waals surface area contributed by atoms with E-state index in [0.717, 1.165) is 27.5 Å². The van der Waals surface area contributed by atoms with E-state index in [4.69, 9.17) is 4.74 Å². The van der Waals surface area contributed by atoms with Gasteiger partial charge in [0, 0.05) is 6.54 Å². The van der Waals surface area contributed by atoms with Gasteiger partial charge in [-0.3, -0.25) is 4.79 Å². The number of amides is 1. The van der Waals surface area contributed by atoms with Crippen molar-refractivity contribution < 1.29 is 9.53 Å². The molecule has 2 atom stereocenters. The minimum Gasteiger partial charge on any atom is -0.368 e. The monoisotopic (exact) mass is 421 g/mol. The van der Waals surface area contributed by atoms with Gasteiger partial charge in [0.1, 0.15) is 0 Å². The SMILES string of the molecule is C=C[C@H](OCc1ccccc1)[C@H](C(=O)NCc1ccccc1)c1ccc2ccccc2c1. The number of hydrogen-bond donors (Lipinski definition) is 1. The van der Waals surface area contributed by atoms with E-state index in [1.54, 1.807) is 6.08 Å². The third-order valence-electron chi connectivity index (χ3n) is 5.57. The van der Waals surface area contributed by atoms with Gasteiger partial charge in [0.2, 0.25) is 5.91 Å². The zero-order chi connectivity index (χ0) is 22.2. The zero-order valence-corrected chi connectivity index (χ0v) is 18.0. The molecule has 0 aromatic heterocycles. The van der Waals surface area contributed by atoms with Gasteiger partial charge in [-0.15, -0.1) is 6.58 Å². The molecule has 1 amide bonds. The molecule has 32 heavy (non-hydrogen) atoms. The third kappa shape index (κ3) is 5.32. The van der Waals surface area contributed by atoms with E-state index in [9.17, 15) is 4.79 Å². The van der Waals surface area contributed by atoms with Crippen LogP contribution in [0.5, 0.6) is 0 Å².